The smallest absolute Gasteiger partial charge is 0.261 e. The molecule has 4 aromatic rings. The molecular weight excluding hydrogens is 410 g/mol. The summed E-state index contributed by atoms with van der Waals surface area (Å²) in [6.45, 7) is 4.50. The van der Waals surface area contributed by atoms with E-state index in [4.69, 9.17) is 4.98 Å². The average molecular weight is 440 g/mol. The molecular formula is C28H29N3O2. The number of nitrogens with one attached hydrogen (secondary N) is 1. The van der Waals surface area contributed by atoms with Gasteiger partial charge in [0.1, 0.15) is 5.82 Å². The van der Waals surface area contributed by atoms with Crippen molar-refractivity contribution in [2.75, 3.05) is 5.32 Å². The van der Waals surface area contributed by atoms with Gasteiger partial charge in [0.15, 0.2) is 0 Å². The van der Waals surface area contributed by atoms with Gasteiger partial charge in [-0.05, 0) is 47.7 Å². The van der Waals surface area contributed by atoms with Gasteiger partial charge in [-0.25, -0.2) is 4.98 Å². The van der Waals surface area contributed by atoms with E-state index >= 15 is 0 Å². The Morgan fingerprint density at radius 2 is 1.64 bits per heavy atom. The van der Waals surface area contributed by atoms with E-state index in [1.54, 1.807) is 10.6 Å². The third-order valence-corrected chi connectivity index (χ3v) is 5.67. The number of anilines is 1. The second-order valence-corrected chi connectivity index (χ2v) is 8.26. The highest BCUT2D eigenvalue weighted by Gasteiger charge is 2.13. The fourth-order valence-electron chi connectivity index (χ4n) is 3.99. The lowest BCUT2D eigenvalue weighted by molar-refractivity contribution is -0.116. The molecule has 1 amide bonds. The summed E-state index contributed by atoms with van der Waals surface area (Å²) in [6, 6.07) is 23.9. The van der Waals surface area contributed by atoms with Crippen molar-refractivity contribution >= 4 is 22.5 Å². The van der Waals surface area contributed by atoms with E-state index in [0.29, 0.717) is 29.6 Å². The molecule has 168 valence electrons. The third kappa shape index (κ3) is 5.20. The van der Waals surface area contributed by atoms with Gasteiger partial charge in [-0.1, -0.05) is 68.4 Å². The van der Waals surface area contributed by atoms with Crippen molar-refractivity contribution in [3.8, 4) is 11.1 Å². The van der Waals surface area contributed by atoms with Crippen molar-refractivity contribution in [2.45, 2.75) is 46.1 Å². The highest BCUT2D eigenvalue weighted by Crippen LogP contribution is 2.21. The number of aromatic nitrogens is 2. The average Bonchev–Trinajstić information content (AvgIpc) is 2.83. The molecule has 0 aliphatic carbocycles. The number of carbonyl (C=O) groups excluding carboxylic acids is 1. The van der Waals surface area contributed by atoms with Crippen molar-refractivity contribution in [3.63, 3.8) is 0 Å². The number of aryl methyl sites for hydroxylation is 1. The normalized spacial score (nSPS) is 11.0. The summed E-state index contributed by atoms with van der Waals surface area (Å²) in [5, 5.41) is 3.40. The van der Waals surface area contributed by atoms with Crippen molar-refractivity contribution in [1.29, 1.82) is 0 Å². The van der Waals surface area contributed by atoms with Crippen molar-refractivity contribution in [3.05, 3.63) is 94.5 Å². The van der Waals surface area contributed by atoms with Crippen LogP contribution in [0, 0.1) is 0 Å². The Labute approximate surface area is 194 Å². The lowest BCUT2D eigenvalue weighted by Crippen LogP contribution is -2.26. The number of nitrogens with zero attached hydrogens (tertiary/aromatic N) is 2. The topological polar surface area (TPSA) is 64.0 Å². The van der Waals surface area contributed by atoms with E-state index in [-0.39, 0.29) is 11.5 Å². The number of benzene rings is 3. The Bertz CT molecular complexity index is 1310. The maximum atomic E-state index is 13.5. The van der Waals surface area contributed by atoms with Crippen molar-refractivity contribution in [2.24, 2.45) is 0 Å². The first-order valence-electron chi connectivity index (χ1n) is 11.6. The van der Waals surface area contributed by atoms with E-state index < -0.39 is 0 Å². The van der Waals surface area contributed by atoms with Gasteiger partial charge >= 0.3 is 0 Å². The summed E-state index contributed by atoms with van der Waals surface area (Å²) in [5.41, 5.74) is 4.56. The van der Waals surface area contributed by atoms with Gasteiger partial charge in [0.05, 0.1) is 17.4 Å². The quantitative estimate of drug-likeness (QED) is 0.377. The molecule has 0 fully saturated rings. The Morgan fingerprint density at radius 3 is 2.33 bits per heavy atom. The monoisotopic (exact) mass is 439 g/mol. The Balaban J connectivity index is 1.69. The highest BCUT2D eigenvalue weighted by molar-refractivity contribution is 5.93. The Hall–Kier alpha value is -3.73. The third-order valence-electron chi connectivity index (χ3n) is 5.67. The van der Waals surface area contributed by atoms with E-state index in [2.05, 4.69) is 48.6 Å². The van der Waals surface area contributed by atoms with E-state index in [1.807, 2.05) is 37.3 Å². The SMILES string of the molecule is CCCC(=O)Nc1ccc2nc(CCC)n(Cc3ccc(-c4ccccc4)cc3)c(=O)c2c1. The first-order valence-corrected chi connectivity index (χ1v) is 11.6. The summed E-state index contributed by atoms with van der Waals surface area (Å²) >= 11 is 0. The molecule has 0 radical (unpaired) electrons. The molecule has 4 rings (SSSR count). The summed E-state index contributed by atoms with van der Waals surface area (Å²) in [5.74, 6) is 0.733. The lowest BCUT2D eigenvalue weighted by atomic mass is 10.0. The second-order valence-electron chi connectivity index (χ2n) is 8.26. The van der Waals surface area contributed by atoms with Crippen LogP contribution in [0.25, 0.3) is 22.0 Å². The molecule has 33 heavy (non-hydrogen) atoms. The number of rotatable bonds is 8. The molecule has 0 bridgehead atoms. The first-order chi connectivity index (χ1) is 16.1. The minimum atomic E-state index is -0.0813. The van der Waals surface area contributed by atoms with Crippen LogP contribution in [0.2, 0.25) is 0 Å². The molecule has 1 heterocycles. The molecule has 0 saturated carbocycles. The van der Waals surface area contributed by atoms with Gasteiger partial charge in [0.25, 0.3) is 5.56 Å². The summed E-state index contributed by atoms with van der Waals surface area (Å²) in [7, 11) is 0. The van der Waals surface area contributed by atoms with Gasteiger partial charge in [-0.2, -0.15) is 0 Å². The highest BCUT2D eigenvalue weighted by atomic mass is 16.1. The van der Waals surface area contributed by atoms with E-state index in [9.17, 15) is 9.59 Å². The minimum Gasteiger partial charge on any atom is -0.326 e. The van der Waals surface area contributed by atoms with E-state index in [0.717, 1.165) is 41.8 Å². The number of fused-ring (bicyclic) bond motifs is 1. The molecule has 5 heteroatoms. The Kier molecular flexibility index (Phi) is 6.98. The summed E-state index contributed by atoms with van der Waals surface area (Å²) in [4.78, 5) is 30.3. The number of hydrogen-bond acceptors (Lipinski definition) is 3. The van der Waals surface area contributed by atoms with Crippen LogP contribution in [-0.2, 0) is 17.8 Å². The maximum absolute atomic E-state index is 13.5. The molecule has 1 aromatic heterocycles. The van der Waals surface area contributed by atoms with Gasteiger partial charge in [-0.15, -0.1) is 0 Å². The zero-order valence-corrected chi connectivity index (χ0v) is 19.2. The van der Waals surface area contributed by atoms with E-state index in [1.165, 1.54) is 0 Å². The molecule has 0 aliphatic rings. The second kappa shape index (κ2) is 10.3. The van der Waals surface area contributed by atoms with Crippen LogP contribution in [-0.4, -0.2) is 15.5 Å². The molecule has 3 aromatic carbocycles. The van der Waals surface area contributed by atoms with Crippen LogP contribution >= 0.6 is 0 Å². The molecule has 0 aliphatic heterocycles. The molecule has 0 spiro atoms. The number of carbonyl (C=O) groups is 1. The molecule has 5 nitrogen and oxygen atoms in total. The fraction of sp³-hybridized carbons (Fsp3) is 0.250. The van der Waals surface area contributed by atoms with Crippen LogP contribution in [0.15, 0.2) is 77.6 Å². The van der Waals surface area contributed by atoms with Crippen LogP contribution in [0.1, 0.15) is 44.5 Å². The van der Waals surface area contributed by atoms with Crippen LogP contribution in [0.5, 0.6) is 0 Å². The predicted octanol–water partition coefficient (Wildman–Crippen LogP) is 5.80. The van der Waals surface area contributed by atoms with Gasteiger partial charge in [0, 0.05) is 18.5 Å². The molecule has 0 saturated heterocycles. The number of amides is 1. The number of hydrogen-bond donors (Lipinski definition) is 1. The van der Waals surface area contributed by atoms with Gasteiger partial charge in [0.2, 0.25) is 5.91 Å². The zero-order valence-electron chi connectivity index (χ0n) is 19.2. The fourth-order valence-corrected chi connectivity index (χ4v) is 3.99. The molecule has 0 unspecified atom stereocenters. The summed E-state index contributed by atoms with van der Waals surface area (Å²) in [6.07, 6.45) is 2.85. The lowest BCUT2D eigenvalue weighted by Gasteiger charge is -2.14. The van der Waals surface area contributed by atoms with Gasteiger partial charge < -0.3 is 5.32 Å². The van der Waals surface area contributed by atoms with Crippen LogP contribution in [0.3, 0.4) is 0 Å². The summed E-state index contributed by atoms with van der Waals surface area (Å²) < 4.78 is 1.76. The zero-order chi connectivity index (χ0) is 23.2. The van der Waals surface area contributed by atoms with Gasteiger partial charge in [-0.3, -0.25) is 14.2 Å². The van der Waals surface area contributed by atoms with Crippen LogP contribution < -0.4 is 10.9 Å². The Morgan fingerprint density at radius 1 is 0.909 bits per heavy atom. The molecule has 1 N–H and O–H groups in total. The minimum absolute atomic E-state index is 0.0498. The van der Waals surface area contributed by atoms with Crippen molar-refractivity contribution < 1.29 is 4.79 Å². The standard InChI is InChI=1S/C28H29N3O2/c1-3-8-26-30-25-17-16-23(29-27(32)9-4-2)18-24(25)28(33)31(26)19-20-12-14-22(15-13-20)21-10-6-5-7-11-21/h5-7,10-18H,3-4,8-9,19H2,1-2H3,(H,29,32). The largest absolute Gasteiger partial charge is 0.326 e. The predicted molar refractivity (Wildman–Crippen MR) is 135 cm³/mol. The molecule has 0 atom stereocenters. The van der Waals surface area contributed by atoms with Crippen molar-refractivity contribution in [1.82, 2.24) is 9.55 Å². The van der Waals surface area contributed by atoms with Crippen LogP contribution in [0.4, 0.5) is 5.69 Å². The first kappa shape index (κ1) is 22.5. The maximum Gasteiger partial charge on any atom is 0.261 e.